The number of ether oxygens (including phenoxy) is 2. The highest BCUT2D eigenvalue weighted by atomic mass is 16.5. The van der Waals surface area contributed by atoms with Crippen molar-refractivity contribution in [1.82, 2.24) is 15.2 Å². The van der Waals surface area contributed by atoms with E-state index in [1.165, 1.54) is 6.20 Å². The topological polar surface area (TPSA) is 110 Å². The number of hydrogen-bond donors (Lipinski definition) is 2. The van der Waals surface area contributed by atoms with Gasteiger partial charge in [-0.3, -0.25) is 14.5 Å². The number of pyridine rings is 1. The van der Waals surface area contributed by atoms with E-state index < -0.39 is 17.5 Å². The Morgan fingerprint density at radius 2 is 1.93 bits per heavy atom. The molecule has 1 unspecified atom stereocenters. The van der Waals surface area contributed by atoms with Gasteiger partial charge >= 0.3 is 6.03 Å². The van der Waals surface area contributed by atoms with Gasteiger partial charge in [0.2, 0.25) is 11.8 Å². The molecule has 1 aromatic heterocycles. The third kappa shape index (κ3) is 3.78. The predicted octanol–water partition coefficient (Wildman–Crippen LogP) is 2.54. The highest BCUT2D eigenvalue weighted by Crippen LogP contribution is 2.42. The first-order chi connectivity index (χ1) is 14.4. The van der Waals surface area contributed by atoms with E-state index in [4.69, 9.17) is 9.47 Å². The minimum Gasteiger partial charge on any atom is -0.497 e. The summed E-state index contributed by atoms with van der Waals surface area (Å²) in [6.45, 7) is 1.33. The molecule has 1 saturated carbocycles. The van der Waals surface area contributed by atoms with Gasteiger partial charge in [-0.05, 0) is 62.1 Å². The van der Waals surface area contributed by atoms with E-state index in [9.17, 15) is 14.4 Å². The zero-order valence-corrected chi connectivity index (χ0v) is 16.7. The van der Waals surface area contributed by atoms with Gasteiger partial charge in [0.15, 0.2) is 0 Å². The number of benzene rings is 1. The van der Waals surface area contributed by atoms with Crippen LogP contribution in [-0.4, -0.2) is 46.9 Å². The molecule has 2 aromatic rings. The van der Waals surface area contributed by atoms with E-state index in [-0.39, 0.29) is 24.2 Å². The van der Waals surface area contributed by atoms with Gasteiger partial charge in [-0.2, -0.15) is 0 Å². The van der Waals surface area contributed by atoms with Gasteiger partial charge in [0.1, 0.15) is 29.3 Å². The van der Waals surface area contributed by atoms with Crippen molar-refractivity contribution in [2.75, 3.05) is 19.0 Å². The van der Waals surface area contributed by atoms with Crippen molar-refractivity contribution < 1.29 is 23.9 Å². The molecule has 0 spiro atoms. The fourth-order valence-corrected chi connectivity index (χ4v) is 3.45. The van der Waals surface area contributed by atoms with E-state index in [1.807, 2.05) is 0 Å². The van der Waals surface area contributed by atoms with E-state index in [1.54, 1.807) is 50.4 Å². The van der Waals surface area contributed by atoms with Crippen molar-refractivity contribution in [2.24, 2.45) is 5.92 Å². The number of carbonyl (C=O) groups is 3. The standard InChI is InChI=1S/C21H22N4O5/c1-21(13-5-6-13)19(27)25(20(28)24-21)12-17(26)23-16-4-3-11-22-18(16)30-15-9-7-14(29-2)8-10-15/h3-4,7-11,13H,5-6,12H2,1-2H3,(H,23,26)(H,24,28). The van der Waals surface area contributed by atoms with Gasteiger partial charge in [0, 0.05) is 6.20 Å². The minimum absolute atomic E-state index is 0.129. The summed E-state index contributed by atoms with van der Waals surface area (Å²) in [7, 11) is 1.57. The second-order valence-electron chi connectivity index (χ2n) is 7.48. The van der Waals surface area contributed by atoms with Crippen LogP contribution in [0, 0.1) is 5.92 Å². The van der Waals surface area contributed by atoms with Gasteiger partial charge < -0.3 is 20.1 Å². The fourth-order valence-electron chi connectivity index (χ4n) is 3.45. The number of anilines is 1. The molecule has 4 rings (SSSR count). The van der Waals surface area contributed by atoms with E-state index >= 15 is 0 Å². The number of urea groups is 1. The molecule has 9 nitrogen and oxygen atoms in total. The van der Waals surface area contributed by atoms with E-state index in [0.29, 0.717) is 17.2 Å². The zero-order chi connectivity index (χ0) is 21.3. The summed E-state index contributed by atoms with van der Waals surface area (Å²) in [6.07, 6.45) is 3.32. The smallest absolute Gasteiger partial charge is 0.325 e. The van der Waals surface area contributed by atoms with Crippen molar-refractivity contribution >= 4 is 23.5 Å². The van der Waals surface area contributed by atoms with E-state index in [0.717, 1.165) is 17.7 Å². The Morgan fingerprint density at radius 1 is 1.23 bits per heavy atom. The summed E-state index contributed by atoms with van der Waals surface area (Å²) in [4.78, 5) is 42.6. The number of methoxy groups -OCH3 is 1. The third-order valence-electron chi connectivity index (χ3n) is 5.32. The molecular formula is C21H22N4O5. The number of aromatic nitrogens is 1. The molecule has 2 aliphatic rings. The molecule has 2 heterocycles. The molecule has 4 amide bonds. The monoisotopic (exact) mass is 410 g/mol. The van der Waals surface area contributed by atoms with Crippen LogP contribution in [0.1, 0.15) is 19.8 Å². The zero-order valence-electron chi connectivity index (χ0n) is 16.7. The molecule has 1 aliphatic carbocycles. The first-order valence-electron chi connectivity index (χ1n) is 9.61. The molecule has 1 saturated heterocycles. The second-order valence-corrected chi connectivity index (χ2v) is 7.48. The maximum Gasteiger partial charge on any atom is 0.325 e. The summed E-state index contributed by atoms with van der Waals surface area (Å²) in [5, 5.41) is 5.39. The first-order valence-corrected chi connectivity index (χ1v) is 9.61. The normalized spacial score (nSPS) is 20.7. The number of hydrogen-bond acceptors (Lipinski definition) is 6. The molecule has 2 N–H and O–H groups in total. The molecule has 30 heavy (non-hydrogen) atoms. The lowest BCUT2D eigenvalue weighted by molar-refractivity contribution is -0.134. The van der Waals surface area contributed by atoms with Crippen molar-refractivity contribution in [3.63, 3.8) is 0 Å². The van der Waals surface area contributed by atoms with Crippen molar-refractivity contribution in [3.05, 3.63) is 42.6 Å². The Balaban J connectivity index is 1.43. The largest absolute Gasteiger partial charge is 0.497 e. The molecule has 0 bridgehead atoms. The summed E-state index contributed by atoms with van der Waals surface area (Å²) in [5.41, 5.74) is -0.593. The van der Waals surface area contributed by atoms with Gasteiger partial charge in [-0.1, -0.05) is 0 Å². The number of carbonyl (C=O) groups excluding carboxylic acids is 3. The molecule has 9 heteroatoms. The van der Waals surface area contributed by atoms with Crippen molar-refractivity contribution in [3.8, 4) is 17.4 Å². The molecule has 0 radical (unpaired) electrons. The Morgan fingerprint density at radius 3 is 2.60 bits per heavy atom. The lowest BCUT2D eigenvalue weighted by atomic mass is 9.96. The Labute approximate surface area is 173 Å². The van der Waals surface area contributed by atoms with E-state index in [2.05, 4.69) is 15.6 Å². The van der Waals surface area contributed by atoms with Gasteiger partial charge in [0.25, 0.3) is 5.91 Å². The van der Waals surface area contributed by atoms with Crippen LogP contribution < -0.4 is 20.1 Å². The third-order valence-corrected chi connectivity index (χ3v) is 5.32. The van der Waals surface area contributed by atoms with Crippen LogP contribution in [-0.2, 0) is 9.59 Å². The number of nitrogens with one attached hydrogen (secondary N) is 2. The van der Waals surface area contributed by atoms with Crippen LogP contribution in [0.15, 0.2) is 42.6 Å². The molecule has 156 valence electrons. The van der Waals surface area contributed by atoms with Crippen LogP contribution in [0.4, 0.5) is 10.5 Å². The molecule has 1 aliphatic heterocycles. The number of nitrogens with zero attached hydrogens (tertiary/aromatic N) is 2. The number of imide groups is 1. The van der Waals surface area contributed by atoms with Gasteiger partial charge in [0.05, 0.1) is 7.11 Å². The molecular weight excluding hydrogens is 388 g/mol. The maximum absolute atomic E-state index is 12.7. The van der Waals surface area contributed by atoms with Crippen molar-refractivity contribution in [2.45, 2.75) is 25.3 Å². The quantitative estimate of drug-likeness (QED) is 0.679. The minimum atomic E-state index is -0.922. The lowest BCUT2D eigenvalue weighted by Crippen LogP contribution is -2.46. The average molecular weight is 410 g/mol. The first kappa shape index (κ1) is 19.7. The number of amides is 4. The van der Waals surface area contributed by atoms with Crippen LogP contribution in [0.5, 0.6) is 17.4 Å². The SMILES string of the molecule is COc1ccc(Oc2ncccc2NC(=O)CN2C(=O)NC(C)(C3CC3)C2=O)cc1. The summed E-state index contributed by atoms with van der Waals surface area (Å²) in [6, 6.07) is 9.63. The second kappa shape index (κ2) is 7.66. The summed E-state index contributed by atoms with van der Waals surface area (Å²) < 4.78 is 10.9. The molecule has 1 atom stereocenters. The Kier molecular flexibility index (Phi) is 5.03. The predicted molar refractivity (Wildman–Crippen MR) is 107 cm³/mol. The number of rotatable bonds is 7. The van der Waals surface area contributed by atoms with Gasteiger partial charge in [-0.25, -0.2) is 9.78 Å². The lowest BCUT2D eigenvalue weighted by Gasteiger charge is -2.20. The summed E-state index contributed by atoms with van der Waals surface area (Å²) in [5.74, 6) is 0.626. The van der Waals surface area contributed by atoms with Crippen molar-refractivity contribution in [1.29, 1.82) is 0 Å². The summed E-state index contributed by atoms with van der Waals surface area (Å²) >= 11 is 0. The highest BCUT2D eigenvalue weighted by molar-refractivity contribution is 6.10. The average Bonchev–Trinajstić information content (AvgIpc) is 3.56. The molecule has 1 aromatic carbocycles. The highest BCUT2D eigenvalue weighted by Gasteiger charge is 2.56. The van der Waals surface area contributed by atoms with Crippen LogP contribution in [0.25, 0.3) is 0 Å². The fraction of sp³-hybridized carbons (Fsp3) is 0.333. The Hall–Kier alpha value is -3.62. The van der Waals surface area contributed by atoms with Gasteiger partial charge in [-0.15, -0.1) is 0 Å². The van der Waals surface area contributed by atoms with Crippen LogP contribution >= 0.6 is 0 Å². The maximum atomic E-state index is 12.7. The van der Waals surface area contributed by atoms with Crippen LogP contribution in [0.3, 0.4) is 0 Å². The molecule has 2 fully saturated rings. The Bertz CT molecular complexity index is 989. The van der Waals surface area contributed by atoms with Crippen LogP contribution in [0.2, 0.25) is 0 Å².